The first-order valence-corrected chi connectivity index (χ1v) is 11.2. The number of carboxylic acids is 1. The number of sulfonamides is 1. The highest BCUT2D eigenvalue weighted by atomic mass is 32.2. The standard InChI is InChI=1S/C22H24N2O5S/c25-17-23(16-19-8-4-5-9-21(19)22(26)27)20-10-13-24(14-11-20)30(28,29)15-12-18-6-2-1-3-7-18/h1-9,12,15,17,20H,10-11,13-14,16H2,(H,26,27)/b15-12+. The van der Waals surface area contributed by atoms with Gasteiger partial charge in [0.2, 0.25) is 16.4 Å². The van der Waals surface area contributed by atoms with Gasteiger partial charge in [-0.05, 0) is 36.1 Å². The Balaban J connectivity index is 1.63. The second-order valence-corrected chi connectivity index (χ2v) is 8.95. The molecule has 1 aliphatic rings. The van der Waals surface area contributed by atoms with Gasteiger partial charge in [-0.3, -0.25) is 4.79 Å². The van der Waals surface area contributed by atoms with Crippen LogP contribution in [0.1, 0.15) is 34.3 Å². The van der Waals surface area contributed by atoms with Crippen molar-refractivity contribution in [2.75, 3.05) is 13.1 Å². The number of carboxylic acid groups (broad SMARTS) is 1. The number of nitrogens with zero attached hydrogens (tertiary/aromatic N) is 2. The highest BCUT2D eigenvalue weighted by Crippen LogP contribution is 2.22. The van der Waals surface area contributed by atoms with Crippen molar-refractivity contribution in [1.29, 1.82) is 0 Å². The lowest BCUT2D eigenvalue weighted by atomic mass is 10.0. The summed E-state index contributed by atoms with van der Waals surface area (Å²) in [5, 5.41) is 10.5. The van der Waals surface area contributed by atoms with Crippen molar-refractivity contribution in [1.82, 2.24) is 9.21 Å². The molecule has 0 radical (unpaired) electrons. The molecule has 0 saturated carbocycles. The van der Waals surface area contributed by atoms with Crippen LogP contribution in [-0.4, -0.2) is 54.2 Å². The summed E-state index contributed by atoms with van der Waals surface area (Å²) < 4.78 is 26.6. The fourth-order valence-electron chi connectivity index (χ4n) is 3.56. The average Bonchev–Trinajstić information content (AvgIpc) is 2.77. The van der Waals surface area contributed by atoms with E-state index in [0.717, 1.165) is 5.56 Å². The molecular weight excluding hydrogens is 404 g/mol. The maximum absolute atomic E-state index is 12.6. The molecule has 1 aliphatic heterocycles. The van der Waals surface area contributed by atoms with Crippen molar-refractivity contribution in [3.63, 3.8) is 0 Å². The molecule has 7 nitrogen and oxygen atoms in total. The zero-order chi connectivity index (χ0) is 21.6. The van der Waals surface area contributed by atoms with Crippen LogP contribution >= 0.6 is 0 Å². The minimum Gasteiger partial charge on any atom is -0.478 e. The van der Waals surface area contributed by atoms with Gasteiger partial charge in [-0.2, -0.15) is 4.31 Å². The summed E-state index contributed by atoms with van der Waals surface area (Å²) in [6.45, 7) is 0.783. The van der Waals surface area contributed by atoms with Crippen molar-refractivity contribution in [2.45, 2.75) is 25.4 Å². The molecule has 1 heterocycles. The van der Waals surface area contributed by atoms with E-state index in [0.29, 0.717) is 37.9 Å². The van der Waals surface area contributed by atoms with Crippen LogP contribution in [0.15, 0.2) is 60.0 Å². The molecule has 0 bridgehead atoms. The van der Waals surface area contributed by atoms with Gasteiger partial charge in [-0.15, -0.1) is 0 Å². The number of amides is 1. The van der Waals surface area contributed by atoms with Gasteiger partial charge in [0.15, 0.2) is 0 Å². The topological polar surface area (TPSA) is 95.0 Å². The Hall–Kier alpha value is -2.97. The van der Waals surface area contributed by atoms with E-state index in [2.05, 4.69) is 0 Å². The van der Waals surface area contributed by atoms with Crippen LogP contribution in [0, 0.1) is 0 Å². The molecular formula is C22H24N2O5S. The van der Waals surface area contributed by atoms with Crippen LogP contribution in [0.3, 0.4) is 0 Å². The number of benzene rings is 2. The Kier molecular flexibility index (Phi) is 7.02. The van der Waals surface area contributed by atoms with E-state index in [1.807, 2.05) is 30.3 Å². The summed E-state index contributed by atoms with van der Waals surface area (Å²) in [7, 11) is -3.55. The molecule has 30 heavy (non-hydrogen) atoms. The van der Waals surface area contributed by atoms with E-state index in [1.54, 1.807) is 29.2 Å². The summed E-state index contributed by atoms with van der Waals surface area (Å²) in [6, 6.07) is 15.6. The lowest BCUT2D eigenvalue weighted by Gasteiger charge is -2.36. The van der Waals surface area contributed by atoms with E-state index >= 15 is 0 Å². The summed E-state index contributed by atoms with van der Waals surface area (Å²) in [5.41, 5.74) is 1.52. The third-order valence-corrected chi connectivity index (χ3v) is 6.79. The fraction of sp³-hybridized carbons (Fsp3) is 0.273. The Morgan fingerprint density at radius 3 is 2.33 bits per heavy atom. The molecule has 0 aliphatic carbocycles. The molecule has 2 aromatic carbocycles. The van der Waals surface area contributed by atoms with Gasteiger partial charge in [-0.1, -0.05) is 48.5 Å². The van der Waals surface area contributed by atoms with E-state index in [-0.39, 0.29) is 18.2 Å². The number of carbonyl (C=O) groups is 2. The SMILES string of the molecule is O=CN(Cc1ccccc1C(=O)O)C1CCN(S(=O)(=O)/C=C/c2ccccc2)CC1. The Morgan fingerprint density at radius 1 is 1.07 bits per heavy atom. The van der Waals surface area contributed by atoms with Gasteiger partial charge < -0.3 is 10.0 Å². The summed E-state index contributed by atoms with van der Waals surface area (Å²) in [4.78, 5) is 24.6. The second kappa shape index (κ2) is 9.69. The molecule has 1 saturated heterocycles. The lowest BCUT2D eigenvalue weighted by Crippen LogP contribution is -2.45. The zero-order valence-electron chi connectivity index (χ0n) is 16.4. The largest absolute Gasteiger partial charge is 0.478 e. The van der Waals surface area contributed by atoms with Gasteiger partial charge in [-0.25, -0.2) is 13.2 Å². The Morgan fingerprint density at radius 2 is 1.70 bits per heavy atom. The second-order valence-electron chi connectivity index (χ2n) is 7.13. The van der Waals surface area contributed by atoms with Crippen molar-refractivity contribution in [3.8, 4) is 0 Å². The average molecular weight is 429 g/mol. The normalized spacial score (nSPS) is 15.9. The van der Waals surface area contributed by atoms with Crippen LogP contribution in [0.5, 0.6) is 0 Å². The van der Waals surface area contributed by atoms with Crippen LogP contribution in [0.2, 0.25) is 0 Å². The van der Waals surface area contributed by atoms with Gasteiger partial charge >= 0.3 is 5.97 Å². The van der Waals surface area contributed by atoms with Gasteiger partial charge in [0.1, 0.15) is 0 Å². The van der Waals surface area contributed by atoms with Crippen molar-refractivity contribution in [3.05, 3.63) is 76.7 Å². The maximum Gasteiger partial charge on any atom is 0.336 e. The van der Waals surface area contributed by atoms with Crippen LogP contribution in [-0.2, 0) is 21.4 Å². The number of rotatable bonds is 8. The van der Waals surface area contributed by atoms with Crippen molar-refractivity contribution < 1.29 is 23.1 Å². The number of aromatic carboxylic acids is 1. The number of hydrogen-bond donors (Lipinski definition) is 1. The lowest BCUT2D eigenvalue weighted by molar-refractivity contribution is -0.121. The molecule has 0 unspecified atom stereocenters. The van der Waals surface area contributed by atoms with E-state index in [1.165, 1.54) is 15.8 Å². The molecule has 0 aromatic heterocycles. The van der Waals surface area contributed by atoms with Gasteiger partial charge in [0, 0.05) is 31.1 Å². The highest BCUT2D eigenvalue weighted by Gasteiger charge is 2.29. The first-order chi connectivity index (χ1) is 14.4. The fourth-order valence-corrected chi connectivity index (χ4v) is 4.78. The third-order valence-electron chi connectivity index (χ3n) is 5.22. The van der Waals surface area contributed by atoms with Crippen LogP contribution < -0.4 is 0 Å². The van der Waals surface area contributed by atoms with Crippen molar-refractivity contribution >= 4 is 28.5 Å². The molecule has 8 heteroatoms. The van der Waals surface area contributed by atoms with Crippen LogP contribution in [0.25, 0.3) is 6.08 Å². The molecule has 1 fully saturated rings. The summed E-state index contributed by atoms with van der Waals surface area (Å²) in [5.74, 6) is -1.04. The van der Waals surface area contributed by atoms with Gasteiger partial charge in [0.05, 0.1) is 5.56 Å². The monoisotopic (exact) mass is 428 g/mol. The molecule has 3 rings (SSSR count). The molecule has 1 N–H and O–H groups in total. The number of carbonyl (C=O) groups excluding carboxylic acids is 1. The molecule has 1 amide bonds. The number of piperidine rings is 1. The molecule has 0 spiro atoms. The van der Waals surface area contributed by atoms with Crippen molar-refractivity contribution in [2.24, 2.45) is 0 Å². The molecule has 158 valence electrons. The highest BCUT2D eigenvalue weighted by molar-refractivity contribution is 7.92. The predicted molar refractivity (Wildman–Crippen MR) is 114 cm³/mol. The predicted octanol–water partition coefficient (Wildman–Crippen LogP) is 2.81. The first kappa shape index (κ1) is 21.7. The maximum atomic E-state index is 12.6. The quantitative estimate of drug-likeness (QED) is 0.653. The smallest absolute Gasteiger partial charge is 0.336 e. The minimum atomic E-state index is -3.55. The Bertz CT molecular complexity index is 1010. The van der Waals surface area contributed by atoms with E-state index in [9.17, 15) is 23.1 Å². The van der Waals surface area contributed by atoms with E-state index in [4.69, 9.17) is 0 Å². The minimum absolute atomic E-state index is 0.145. The summed E-state index contributed by atoms with van der Waals surface area (Å²) >= 11 is 0. The van der Waals surface area contributed by atoms with E-state index < -0.39 is 16.0 Å². The number of hydrogen-bond acceptors (Lipinski definition) is 4. The first-order valence-electron chi connectivity index (χ1n) is 9.66. The molecule has 2 aromatic rings. The van der Waals surface area contributed by atoms with Gasteiger partial charge in [0.25, 0.3) is 0 Å². The Labute approximate surface area is 176 Å². The molecule has 0 atom stereocenters. The summed E-state index contributed by atoms with van der Waals surface area (Å²) in [6.07, 6.45) is 3.27. The van der Waals surface area contributed by atoms with Crippen LogP contribution in [0.4, 0.5) is 0 Å². The zero-order valence-corrected chi connectivity index (χ0v) is 17.2. The third kappa shape index (κ3) is 5.34.